The molecule has 0 N–H and O–H groups in total. The third kappa shape index (κ3) is 5.62. The number of sulfonamides is 1. The van der Waals surface area contributed by atoms with Gasteiger partial charge in [0.2, 0.25) is 10.0 Å². The number of halogens is 1. The van der Waals surface area contributed by atoms with Gasteiger partial charge in [-0.25, -0.2) is 13.2 Å². The summed E-state index contributed by atoms with van der Waals surface area (Å²) in [5, 5.41) is 0.383. The Bertz CT molecular complexity index is 1670. The minimum Gasteiger partial charge on any atom is -0.465 e. The second-order valence-electron chi connectivity index (χ2n) is 10.7. The van der Waals surface area contributed by atoms with Crippen LogP contribution in [0.5, 0.6) is 0 Å². The van der Waals surface area contributed by atoms with Crippen molar-refractivity contribution >= 4 is 39.0 Å². The van der Waals surface area contributed by atoms with Crippen molar-refractivity contribution in [3.05, 3.63) is 102 Å². The molecule has 0 amide bonds. The van der Waals surface area contributed by atoms with Crippen LogP contribution in [0, 0.1) is 5.92 Å². The number of ether oxygens (including phenoxy) is 1. The standard InChI is InChI=1S/C33H33ClN2O4S/c1-22(2)17-26-21-36(25-13-9-6-10-14-25)31-20-30(34)28(19-32(31)41(38,39)35(26)3)24-15-16-27(23-11-7-5-8-12-23)29(18-24)33(37)40-4/h5-16,18-20,22,26H,17,21H2,1-4H3/t26-/m1/s1. The maximum Gasteiger partial charge on any atom is 0.338 e. The first kappa shape index (κ1) is 28.9. The highest BCUT2D eigenvalue weighted by molar-refractivity contribution is 7.89. The van der Waals surface area contributed by atoms with Gasteiger partial charge in [0.25, 0.3) is 0 Å². The van der Waals surface area contributed by atoms with Gasteiger partial charge in [-0.3, -0.25) is 0 Å². The van der Waals surface area contributed by atoms with Gasteiger partial charge in [-0.2, -0.15) is 4.31 Å². The highest BCUT2D eigenvalue weighted by Gasteiger charge is 2.38. The zero-order valence-electron chi connectivity index (χ0n) is 23.5. The van der Waals surface area contributed by atoms with Crippen LogP contribution in [-0.2, 0) is 14.8 Å². The predicted molar refractivity (Wildman–Crippen MR) is 165 cm³/mol. The fraction of sp³-hybridized carbons (Fsp3) is 0.242. The Morgan fingerprint density at radius 2 is 1.59 bits per heavy atom. The number of carbonyl (C=O) groups is 1. The lowest BCUT2D eigenvalue weighted by Crippen LogP contribution is -2.41. The Morgan fingerprint density at radius 3 is 2.22 bits per heavy atom. The van der Waals surface area contributed by atoms with Crippen LogP contribution in [0.15, 0.2) is 95.9 Å². The number of benzene rings is 4. The van der Waals surface area contributed by atoms with Crippen molar-refractivity contribution in [3.63, 3.8) is 0 Å². The zero-order chi connectivity index (χ0) is 29.3. The molecule has 4 aromatic carbocycles. The molecule has 1 aliphatic rings. The summed E-state index contributed by atoms with van der Waals surface area (Å²) in [6.45, 7) is 4.68. The molecule has 41 heavy (non-hydrogen) atoms. The Balaban J connectivity index is 1.71. The first-order valence-corrected chi connectivity index (χ1v) is 15.4. The molecule has 0 aliphatic carbocycles. The van der Waals surface area contributed by atoms with E-state index in [1.807, 2.05) is 77.7 Å². The Hall–Kier alpha value is -3.65. The van der Waals surface area contributed by atoms with Crippen LogP contribution in [0.1, 0.15) is 30.6 Å². The topological polar surface area (TPSA) is 66.9 Å². The van der Waals surface area contributed by atoms with Crippen molar-refractivity contribution in [1.82, 2.24) is 4.31 Å². The lowest BCUT2D eigenvalue weighted by Gasteiger charge is -2.30. The van der Waals surface area contributed by atoms with Gasteiger partial charge in [-0.1, -0.05) is 86.1 Å². The van der Waals surface area contributed by atoms with Gasteiger partial charge < -0.3 is 9.64 Å². The third-order valence-corrected chi connectivity index (χ3v) is 9.79. The molecule has 4 aromatic rings. The van der Waals surface area contributed by atoms with E-state index in [-0.39, 0.29) is 10.9 Å². The number of fused-ring (bicyclic) bond motifs is 1. The Kier molecular flexibility index (Phi) is 8.23. The van der Waals surface area contributed by atoms with E-state index in [1.54, 1.807) is 25.2 Å². The van der Waals surface area contributed by atoms with Crippen LogP contribution in [0.4, 0.5) is 11.4 Å². The second-order valence-corrected chi connectivity index (χ2v) is 13.0. The van der Waals surface area contributed by atoms with E-state index in [4.69, 9.17) is 16.3 Å². The Morgan fingerprint density at radius 1 is 0.927 bits per heavy atom. The lowest BCUT2D eigenvalue weighted by molar-refractivity contribution is 0.0601. The average molecular weight is 589 g/mol. The van der Waals surface area contributed by atoms with Crippen LogP contribution in [0.2, 0.25) is 5.02 Å². The lowest BCUT2D eigenvalue weighted by atomic mass is 9.94. The van der Waals surface area contributed by atoms with E-state index in [1.165, 1.54) is 11.4 Å². The maximum absolute atomic E-state index is 14.1. The molecule has 0 unspecified atom stereocenters. The monoisotopic (exact) mass is 588 g/mol. The van der Waals surface area contributed by atoms with Crippen molar-refractivity contribution in [3.8, 4) is 22.3 Å². The van der Waals surface area contributed by atoms with Gasteiger partial charge in [-0.15, -0.1) is 0 Å². The minimum atomic E-state index is -3.88. The number of methoxy groups -OCH3 is 1. The molecule has 6 nitrogen and oxygen atoms in total. The molecule has 5 rings (SSSR count). The summed E-state index contributed by atoms with van der Waals surface area (Å²) in [5.41, 5.74) is 4.49. The summed E-state index contributed by atoms with van der Waals surface area (Å²) >= 11 is 6.92. The summed E-state index contributed by atoms with van der Waals surface area (Å²) in [5.74, 6) is -0.189. The second kappa shape index (κ2) is 11.7. The smallest absolute Gasteiger partial charge is 0.338 e. The van der Waals surface area contributed by atoms with Crippen molar-refractivity contribution in [2.45, 2.75) is 31.2 Å². The number of likely N-dealkylation sites (N-methyl/N-ethyl adjacent to an activating group) is 1. The van der Waals surface area contributed by atoms with Gasteiger partial charge in [0.15, 0.2) is 0 Å². The van der Waals surface area contributed by atoms with E-state index in [9.17, 15) is 13.2 Å². The van der Waals surface area contributed by atoms with Crippen molar-refractivity contribution in [1.29, 1.82) is 0 Å². The number of anilines is 2. The van der Waals surface area contributed by atoms with Gasteiger partial charge in [0.1, 0.15) is 4.90 Å². The summed E-state index contributed by atoms with van der Waals surface area (Å²) in [6, 6.07) is 27.8. The molecule has 1 heterocycles. The quantitative estimate of drug-likeness (QED) is 0.216. The van der Waals surface area contributed by atoms with Crippen LogP contribution in [-0.4, -0.2) is 45.4 Å². The number of para-hydroxylation sites is 1. The maximum atomic E-state index is 14.1. The van der Waals surface area contributed by atoms with Crippen LogP contribution in [0.25, 0.3) is 22.3 Å². The fourth-order valence-electron chi connectivity index (χ4n) is 5.44. The van der Waals surface area contributed by atoms with Crippen LogP contribution < -0.4 is 4.90 Å². The summed E-state index contributed by atoms with van der Waals surface area (Å²) < 4.78 is 34.9. The summed E-state index contributed by atoms with van der Waals surface area (Å²) in [4.78, 5) is 15.1. The van der Waals surface area contributed by atoms with E-state index in [2.05, 4.69) is 13.8 Å². The average Bonchev–Trinajstić information content (AvgIpc) is 3.05. The van der Waals surface area contributed by atoms with Crippen LogP contribution >= 0.6 is 11.6 Å². The normalized spacial score (nSPS) is 16.7. The number of hydrogen-bond acceptors (Lipinski definition) is 5. The molecule has 212 valence electrons. The molecule has 1 aliphatic heterocycles. The highest BCUT2D eigenvalue weighted by atomic mass is 35.5. The molecule has 0 aromatic heterocycles. The van der Waals surface area contributed by atoms with E-state index in [0.29, 0.717) is 51.8 Å². The van der Waals surface area contributed by atoms with Gasteiger partial charge >= 0.3 is 5.97 Å². The van der Waals surface area contributed by atoms with Gasteiger partial charge in [0, 0.05) is 30.9 Å². The zero-order valence-corrected chi connectivity index (χ0v) is 25.1. The van der Waals surface area contributed by atoms with E-state index >= 15 is 0 Å². The molecule has 0 saturated heterocycles. The van der Waals surface area contributed by atoms with Gasteiger partial charge in [0.05, 0.1) is 23.4 Å². The summed E-state index contributed by atoms with van der Waals surface area (Å²) in [6.07, 6.45) is 0.705. The van der Waals surface area contributed by atoms with Crippen molar-refractivity contribution in [2.75, 3.05) is 25.6 Å². The number of carbonyl (C=O) groups excluding carboxylic acids is 1. The number of rotatable bonds is 6. The predicted octanol–water partition coefficient (Wildman–Crippen LogP) is 7.65. The van der Waals surface area contributed by atoms with Crippen molar-refractivity contribution < 1.29 is 17.9 Å². The molecule has 8 heteroatoms. The number of hydrogen-bond donors (Lipinski definition) is 0. The molecule has 0 radical (unpaired) electrons. The summed E-state index contributed by atoms with van der Waals surface area (Å²) in [7, 11) is -0.889. The van der Waals surface area contributed by atoms with Gasteiger partial charge in [-0.05, 0) is 59.4 Å². The van der Waals surface area contributed by atoms with Crippen LogP contribution in [0.3, 0.4) is 0 Å². The SMILES string of the molecule is COC(=O)c1cc(-c2cc3c(cc2Cl)N(c2ccccc2)C[C@@H](CC(C)C)N(C)S3(=O)=O)ccc1-c1ccccc1. The van der Waals surface area contributed by atoms with Crippen molar-refractivity contribution in [2.24, 2.45) is 5.92 Å². The van der Waals surface area contributed by atoms with E-state index in [0.717, 1.165) is 11.3 Å². The highest BCUT2D eigenvalue weighted by Crippen LogP contribution is 2.43. The third-order valence-electron chi connectivity index (χ3n) is 7.54. The molecule has 0 bridgehead atoms. The number of esters is 1. The molecular formula is C33H33ClN2O4S. The molecule has 1 atom stereocenters. The van der Waals surface area contributed by atoms with E-state index < -0.39 is 16.0 Å². The fourth-order valence-corrected chi connectivity index (χ4v) is 7.26. The minimum absolute atomic E-state index is 0.168. The number of nitrogens with zero attached hydrogens (tertiary/aromatic N) is 2. The largest absolute Gasteiger partial charge is 0.465 e. The Labute approximate surface area is 247 Å². The first-order valence-electron chi connectivity index (χ1n) is 13.5. The molecular weight excluding hydrogens is 556 g/mol. The molecule has 0 fully saturated rings. The first-order chi connectivity index (χ1) is 19.6. The molecule has 0 spiro atoms. The molecule has 0 saturated carbocycles.